The summed E-state index contributed by atoms with van der Waals surface area (Å²) in [7, 11) is 0. The first-order valence-corrected chi connectivity index (χ1v) is 6.91. The van der Waals surface area contributed by atoms with Crippen molar-refractivity contribution in [2.24, 2.45) is 5.92 Å². The molecule has 3 rings (SSSR count). The SMILES string of the molecule is C[C@@H](NC(=O)C1CC1)c1nc(-c2ccc(Cl)cc2)no1. The van der Waals surface area contributed by atoms with Crippen LogP contribution >= 0.6 is 11.6 Å². The molecule has 1 aliphatic carbocycles. The first kappa shape index (κ1) is 13.1. The second-order valence-electron chi connectivity index (χ2n) is 4.97. The number of rotatable bonds is 4. The minimum Gasteiger partial charge on any atom is -0.344 e. The molecule has 104 valence electrons. The molecule has 6 heteroatoms. The molecular weight excluding hydrogens is 278 g/mol. The van der Waals surface area contributed by atoms with Gasteiger partial charge < -0.3 is 9.84 Å². The first-order valence-electron chi connectivity index (χ1n) is 6.53. The molecule has 0 unspecified atom stereocenters. The Morgan fingerprint density at radius 1 is 1.40 bits per heavy atom. The van der Waals surface area contributed by atoms with Gasteiger partial charge in [-0.2, -0.15) is 4.98 Å². The predicted octanol–water partition coefficient (Wildman–Crippen LogP) is 2.98. The van der Waals surface area contributed by atoms with E-state index in [0.717, 1.165) is 18.4 Å². The predicted molar refractivity (Wildman–Crippen MR) is 74.0 cm³/mol. The van der Waals surface area contributed by atoms with Crippen LogP contribution in [0.4, 0.5) is 0 Å². The van der Waals surface area contributed by atoms with Crippen LogP contribution in [0, 0.1) is 5.92 Å². The van der Waals surface area contributed by atoms with E-state index in [4.69, 9.17) is 16.1 Å². The summed E-state index contributed by atoms with van der Waals surface area (Å²) in [5.74, 6) is 1.12. The maximum Gasteiger partial charge on any atom is 0.249 e. The molecule has 5 nitrogen and oxygen atoms in total. The van der Waals surface area contributed by atoms with Gasteiger partial charge in [-0.25, -0.2) is 0 Å². The average molecular weight is 292 g/mol. The van der Waals surface area contributed by atoms with E-state index in [1.54, 1.807) is 12.1 Å². The molecule has 1 atom stereocenters. The number of carbonyl (C=O) groups excluding carboxylic acids is 1. The van der Waals surface area contributed by atoms with E-state index >= 15 is 0 Å². The van der Waals surface area contributed by atoms with Gasteiger partial charge in [0.1, 0.15) is 6.04 Å². The summed E-state index contributed by atoms with van der Waals surface area (Å²) in [6.45, 7) is 1.83. The number of nitrogens with one attached hydrogen (secondary N) is 1. The molecule has 2 aromatic rings. The number of aromatic nitrogens is 2. The van der Waals surface area contributed by atoms with Crippen molar-refractivity contribution in [3.8, 4) is 11.4 Å². The number of carbonyl (C=O) groups is 1. The zero-order chi connectivity index (χ0) is 14.1. The quantitative estimate of drug-likeness (QED) is 0.940. The second kappa shape index (κ2) is 5.25. The summed E-state index contributed by atoms with van der Waals surface area (Å²) in [5, 5.41) is 7.46. The highest BCUT2D eigenvalue weighted by Crippen LogP contribution is 2.29. The van der Waals surface area contributed by atoms with Crippen molar-refractivity contribution in [2.45, 2.75) is 25.8 Å². The topological polar surface area (TPSA) is 68.0 Å². The van der Waals surface area contributed by atoms with Gasteiger partial charge in [-0.3, -0.25) is 4.79 Å². The molecule has 0 spiro atoms. The highest BCUT2D eigenvalue weighted by atomic mass is 35.5. The van der Waals surface area contributed by atoms with Gasteiger partial charge in [0, 0.05) is 16.5 Å². The third kappa shape index (κ3) is 2.82. The van der Waals surface area contributed by atoms with Gasteiger partial charge in [-0.05, 0) is 44.0 Å². The van der Waals surface area contributed by atoms with Gasteiger partial charge in [0.25, 0.3) is 0 Å². The third-order valence-electron chi connectivity index (χ3n) is 3.22. The molecule has 1 N–H and O–H groups in total. The lowest BCUT2D eigenvalue weighted by molar-refractivity contribution is -0.123. The van der Waals surface area contributed by atoms with E-state index in [1.807, 2.05) is 19.1 Å². The van der Waals surface area contributed by atoms with E-state index < -0.39 is 0 Å². The normalized spacial score (nSPS) is 15.9. The minimum absolute atomic E-state index is 0.0590. The molecule has 0 bridgehead atoms. The van der Waals surface area contributed by atoms with E-state index in [-0.39, 0.29) is 17.9 Å². The standard InChI is InChI=1S/C14H14ClN3O2/c1-8(16-13(19)10-2-3-10)14-17-12(18-20-14)9-4-6-11(15)7-5-9/h4-8,10H,2-3H2,1H3,(H,16,19)/t8-/m1/s1. The smallest absolute Gasteiger partial charge is 0.249 e. The number of benzene rings is 1. The molecule has 0 radical (unpaired) electrons. The molecule has 0 saturated heterocycles. The first-order chi connectivity index (χ1) is 9.63. The molecule has 1 aromatic carbocycles. The molecule has 1 amide bonds. The van der Waals surface area contributed by atoms with Crippen LogP contribution in [0.15, 0.2) is 28.8 Å². The van der Waals surface area contributed by atoms with E-state index in [0.29, 0.717) is 16.7 Å². The average Bonchev–Trinajstić information content (AvgIpc) is 3.17. The molecule has 1 fully saturated rings. The number of hydrogen-bond donors (Lipinski definition) is 1. The van der Waals surface area contributed by atoms with Crippen molar-refractivity contribution < 1.29 is 9.32 Å². The molecule has 1 aromatic heterocycles. The molecule has 1 aliphatic rings. The van der Waals surface area contributed by atoms with Crippen molar-refractivity contribution in [3.63, 3.8) is 0 Å². The van der Waals surface area contributed by atoms with Gasteiger partial charge in [0.05, 0.1) is 0 Å². The lowest BCUT2D eigenvalue weighted by Crippen LogP contribution is -2.28. The van der Waals surface area contributed by atoms with Crippen LogP contribution in [0.2, 0.25) is 5.02 Å². The minimum atomic E-state index is -0.281. The zero-order valence-corrected chi connectivity index (χ0v) is 11.7. The van der Waals surface area contributed by atoms with E-state index in [2.05, 4.69) is 15.5 Å². The Labute approximate surface area is 121 Å². The Balaban J connectivity index is 1.72. The fraction of sp³-hybridized carbons (Fsp3) is 0.357. The Morgan fingerprint density at radius 3 is 2.75 bits per heavy atom. The summed E-state index contributed by atoms with van der Waals surface area (Å²) in [4.78, 5) is 16.0. The summed E-state index contributed by atoms with van der Waals surface area (Å²) in [6.07, 6.45) is 1.94. The van der Waals surface area contributed by atoms with Gasteiger partial charge >= 0.3 is 0 Å². The van der Waals surface area contributed by atoms with Crippen LogP contribution < -0.4 is 5.32 Å². The largest absolute Gasteiger partial charge is 0.344 e. The van der Waals surface area contributed by atoms with Crippen LogP contribution in [0.3, 0.4) is 0 Å². The summed E-state index contributed by atoms with van der Waals surface area (Å²) >= 11 is 5.84. The zero-order valence-electron chi connectivity index (χ0n) is 11.0. The third-order valence-corrected chi connectivity index (χ3v) is 3.47. The lowest BCUT2D eigenvalue weighted by Gasteiger charge is -2.08. The fourth-order valence-corrected chi connectivity index (χ4v) is 1.99. The van der Waals surface area contributed by atoms with Crippen molar-refractivity contribution in [1.29, 1.82) is 0 Å². The molecular formula is C14H14ClN3O2. The molecule has 0 aliphatic heterocycles. The van der Waals surface area contributed by atoms with Crippen molar-refractivity contribution in [2.75, 3.05) is 0 Å². The van der Waals surface area contributed by atoms with Crippen LogP contribution in [0.25, 0.3) is 11.4 Å². The maximum absolute atomic E-state index is 11.7. The van der Waals surface area contributed by atoms with Gasteiger partial charge in [0.2, 0.25) is 17.6 Å². The van der Waals surface area contributed by atoms with Crippen molar-refractivity contribution in [1.82, 2.24) is 15.5 Å². The van der Waals surface area contributed by atoms with Gasteiger partial charge in [0.15, 0.2) is 0 Å². The Bertz CT molecular complexity index is 620. The Morgan fingerprint density at radius 2 is 2.10 bits per heavy atom. The Kier molecular flexibility index (Phi) is 3.44. The second-order valence-corrected chi connectivity index (χ2v) is 5.40. The van der Waals surface area contributed by atoms with Crippen LogP contribution in [0.1, 0.15) is 31.7 Å². The van der Waals surface area contributed by atoms with Gasteiger partial charge in [-0.15, -0.1) is 0 Å². The van der Waals surface area contributed by atoms with Crippen molar-refractivity contribution in [3.05, 3.63) is 35.2 Å². The highest BCUT2D eigenvalue weighted by molar-refractivity contribution is 6.30. The number of halogens is 1. The number of hydrogen-bond acceptors (Lipinski definition) is 4. The number of amides is 1. The lowest BCUT2D eigenvalue weighted by atomic mass is 10.2. The Hall–Kier alpha value is -1.88. The van der Waals surface area contributed by atoms with E-state index in [1.165, 1.54) is 0 Å². The summed E-state index contributed by atoms with van der Waals surface area (Å²) in [5.41, 5.74) is 0.824. The van der Waals surface area contributed by atoms with Crippen LogP contribution in [-0.2, 0) is 4.79 Å². The fourth-order valence-electron chi connectivity index (χ4n) is 1.87. The van der Waals surface area contributed by atoms with Crippen LogP contribution in [0.5, 0.6) is 0 Å². The molecule has 1 saturated carbocycles. The molecule has 20 heavy (non-hydrogen) atoms. The van der Waals surface area contributed by atoms with E-state index in [9.17, 15) is 4.79 Å². The van der Waals surface area contributed by atoms with Crippen LogP contribution in [-0.4, -0.2) is 16.0 Å². The monoisotopic (exact) mass is 291 g/mol. The number of nitrogens with zero attached hydrogens (tertiary/aromatic N) is 2. The highest BCUT2D eigenvalue weighted by Gasteiger charge is 2.31. The van der Waals surface area contributed by atoms with Crippen molar-refractivity contribution >= 4 is 17.5 Å². The maximum atomic E-state index is 11.7. The van der Waals surface area contributed by atoms with Gasteiger partial charge in [-0.1, -0.05) is 16.8 Å². The summed E-state index contributed by atoms with van der Waals surface area (Å²) < 4.78 is 5.20. The summed E-state index contributed by atoms with van der Waals surface area (Å²) in [6, 6.07) is 6.90. The molecule has 1 heterocycles.